The van der Waals surface area contributed by atoms with Crippen molar-refractivity contribution in [2.24, 2.45) is 0 Å². The van der Waals surface area contributed by atoms with Crippen LogP contribution in [0.4, 0.5) is 13.2 Å². The topological polar surface area (TPSA) is 29.5 Å². The molecule has 4 aromatic carbocycles. The van der Waals surface area contributed by atoms with E-state index < -0.39 is 11.6 Å². The Kier molecular flexibility index (Phi) is 7.91. The highest BCUT2D eigenvalue weighted by atomic mass is 19.2. The molecule has 0 unspecified atom stereocenters. The van der Waals surface area contributed by atoms with Gasteiger partial charge in [-0.3, -0.25) is 0 Å². The van der Waals surface area contributed by atoms with Gasteiger partial charge in [0.25, 0.3) is 0 Å². The van der Waals surface area contributed by atoms with Crippen LogP contribution in [0.1, 0.15) is 24.0 Å². The highest BCUT2D eigenvalue weighted by Crippen LogP contribution is 2.29. The average Bonchev–Trinajstić information content (AvgIpc) is 2.89. The second-order valence-electron chi connectivity index (χ2n) is 8.25. The monoisotopic (exact) mass is 486 g/mol. The smallest absolute Gasteiger partial charge is 0.167 e. The molecule has 0 bridgehead atoms. The Hall–Kier alpha value is -4.25. The molecule has 5 heteroatoms. The predicted octanol–water partition coefficient (Wildman–Crippen LogP) is 8.66. The predicted molar refractivity (Wildman–Crippen MR) is 139 cm³/mol. The maximum atomic E-state index is 14.7. The second-order valence-corrected chi connectivity index (χ2v) is 8.25. The third kappa shape index (κ3) is 5.87. The lowest BCUT2D eigenvalue weighted by Crippen LogP contribution is -1.97. The van der Waals surface area contributed by atoms with Gasteiger partial charge in [-0.05, 0) is 53.8 Å². The third-order valence-corrected chi connectivity index (χ3v) is 5.73. The summed E-state index contributed by atoms with van der Waals surface area (Å²) >= 11 is 0. The van der Waals surface area contributed by atoms with Gasteiger partial charge < -0.3 is 9.84 Å². The van der Waals surface area contributed by atoms with E-state index in [2.05, 4.69) is 6.58 Å². The summed E-state index contributed by atoms with van der Waals surface area (Å²) in [6.07, 6.45) is 6.64. The van der Waals surface area contributed by atoms with Gasteiger partial charge in [0.05, 0.1) is 6.61 Å². The highest BCUT2D eigenvalue weighted by Gasteiger charge is 2.13. The summed E-state index contributed by atoms with van der Waals surface area (Å²) in [5.74, 6) is -1.77. The molecule has 0 aromatic heterocycles. The molecule has 182 valence electrons. The van der Waals surface area contributed by atoms with Gasteiger partial charge in [-0.15, -0.1) is 6.58 Å². The Morgan fingerprint density at radius 1 is 0.750 bits per heavy atom. The summed E-state index contributed by atoms with van der Waals surface area (Å²) in [7, 11) is 0. The van der Waals surface area contributed by atoms with Crippen LogP contribution in [-0.4, -0.2) is 11.7 Å². The summed E-state index contributed by atoms with van der Waals surface area (Å²) in [6, 6.07) is 20.8. The number of benzene rings is 4. The highest BCUT2D eigenvalue weighted by molar-refractivity contribution is 5.74. The number of aromatic hydroxyl groups is 1. The van der Waals surface area contributed by atoms with Crippen molar-refractivity contribution in [3.05, 3.63) is 120 Å². The summed E-state index contributed by atoms with van der Waals surface area (Å²) in [5.41, 5.74) is 2.58. The minimum Gasteiger partial charge on any atom is -0.508 e. The van der Waals surface area contributed by atoms with E-state index in [-0.39, 0.29) is 22.7 Å². The van der Waals surface area contributed by atoms with Gasteiger partial charge in [-0.25, -0.2) is 13.2 Å². The lowest BCUT2D eigenvalue weighted by Gasteiger charge is -2.09. The molecule has 1 N–H and O–H groups in total. The fourth-order valence-corrected chi connectivity index (χ4v) is 3.75. The van der Waals surface area contributed by atoms with Crippen molar-refractivity contribution in [1.29, 1.82) is 0 Å². The van der Waals surface area contributed by atoms with Crippen molar-refractivity contribution in [2.75, 3.05) is 6.61 Å². The molecule has 0 aliphatic heterocycles. The quantitative estimate of drug-likeness (QED) is 0.146. The fraction of sp³-hybridized carbons (Fsp3) is 0.0968. The van der Waals surface area contributed by atoms with Crippen LogP contribution in [0.5, 0.6) is 11.5 Å². The first-order valence-corrected chi connectivity index (χ1v) is 11.6. The van der Waals surface area contributed by atoms with E-state index in [1.165, 1.54) is 48.5 Å². The summed E-state index contributed by atoms with van der Waals surface area (Å²) in [6.45, 7) is 4.16. The van der Waals surface area contributed by atoms with Gasteiger partial charge in [-0.2, -0.15) is 0 Å². The van der Waals surface area contributed by atoms with Crippen LogP contribution in [0.25, 0.3) is 34.4 Å². The zero-order valence-corrected chi connectivity index (χ0v) is 19.6. The molecule has 0 atom stereocenters. The van der Waals surface area contributed by atoms with Crippen molar-refractivity contribution in [1.82, 2.24) is 0 Å². The normalized spacial score (nSPS) is 11.1. The zero-order valence-electron chi connectivity index (χ0n) is 19.6. The van der Waals surface area contributed by atoms with Crippen molar-refractivity contribution in [2.45, 2.75) is 12.8 Å². The average molecular weight is 487 g/mol. The van der Waals surface area contributed by atoms with Gasteiger partial charge in [-0.1, -0.05) is 66.8 Å². The largest absolute Gasteiger partial charge is 0.508 e. The Bertz CT molecular complexity index is 1370. The second kappa shape index (κ2) is 11.5. The van der Waals surface area contributed by atoms with E-state index in [9.17, 15) is 18.3 Å². The molecular formula is C31H25F3O2. The number of hydrogen-bond donors (Lipinski definition) is 1. The number of phenols is 1. The number of rotatable bonds is 9. The van der Waals surface area contributed by atoms with Crippen LogP contribution in [0.3, 0.4) is 0 Å². The number of hydrogen-bond acceptors (Lipinski definition) is 2. The number of allylic oxidation sites excluding steroid dienone is 1. The standard InChI is InChI=1S/C31H25F3O2/c1-2-3-4-19-36-26-16-18-27(29(32)20-26)22-8-5-21(6-9-22)7-10-24-13-17-28(31(34)30(24)33)23-11-14-25(35)15-12-23/h2,5-18,20,35H,1,3-4,19H2/b10-7+. The first kappa shape index (κ1) is 24.9. The molecule has 0 spiro atoms. The van der Waals surface area contributed by atoms with Crippen LogP contribution in [0.15, 0.2) is 91.5 Å². The first-order valence-electron chi connectivity index (χ1n) is 11.6. The molecule has 36 heavy (non-hydrogen) atoms. The Morgan fingerprint density at radius 3 is 2.11 bits per heavy atom. The zero-order chi connectivity index (χ0) is 25.5. The molecule has 0 saturated heterocycles. The van der Waals surface area contributed by atoms with Crippen molar-refractivity contribution in [3.8, 4) is 33.8 Å². The molecule has 0 aliphatic rings. The maximum absolute atomic E-state index is 14.7. The van der Waals surface area contributed by atoms with Gasteiger partial charge in [0.15, 0.2) is 11.6 Å². The number of ether oxygens (including phenoxy) is 1. The lowest BCUT2D eigenvalue weighted by atomic mass is 10.0. The number of unbranched alkanes of at least 4 members (excludes halogenated alkanes) is 1. The Morgan fingerprint density at radius 2 is 1.42 bits per heavy atom. The molecule has 4 aromatic rings. The van der Waals surface area contributed by atoms with E-state index in [0.29, 0.717) is 29.0 Å². The molecular weight excluding hydrogens is 461 g/mol. The van der Waals surface area contributed by atoms with Gasteiger partial charge in [0.1, 0.15) is 17.3 Å². The van der Waals surface area contributed by atoms with E-state index in [1.807, 2.05) is 6.08 Å². The first-order chi connectivity index (χ1) is 17.5. The van der Waals surface area contributed by atoms with Gasteiger partial charge in [0, 0.05) is 22.8 Å². The van der Waals surface area contributed by atoms with Gasteiger partial charge in [0.2, 0.25) is 0 Å². The summed E-state index contributed by atoms with van der Waals surface area (Å²) in [4.78, 5) is 0. The third-order valence-electron chi connectivity index (χ3n) is 5.73. The Balaban J connectivity index is 1.46. The van der Waals surface area contributed by atoms with Crippen LogP contribution in [0.2, 0.25) is 0 Å². The van der Waals surface area contributed by atoms with E-state index in [0.717, 1.165) is 18.4 Å². The van der Waals surface area contributed by atoms with Crippen molar-refractivity contribution < 1.29 is 23.0 Å². The van der Waals surface area contributed by atoms with E-state index in [4.69, 9.17) is 4.74 Å². The summed E-state index contributed by atoms with van der Waals surface area (Å²) in [5, 5.41) is 9.40. The molecule has 4 rings (SSSR count). The van der Waals surface area contributed by atoms with E-state index in [1.54, 1.807) is 42.5 Å². The van der Waals surface area contributed by atoms with Crippen molar-refractivity contribution in [3.63, 3.8) is 0 Å². The molecule has 0 amide bonds. The molecule has 0 saturated carbocycles. The minimum absolute atomic E-state index is 0.0499. The maximum Gasteiger partial charge on any atom is 0.167 e. The van der Waals surface area contributed by atoms with Crippen LogP contribution in [0, 0.1) is 17.5 Å². The van der Waals surface area contributed by atoms with Crippen molar-refractivity contribution >= 4 is 12.2 Å². The molecule has 0 fully saturated rings. The molecule has 0 aliphatic carbocycles. The molecule has 0 heterocycles. The van der Waals surface area contributed by atoms with Crippen LogP contribution in [-0.2, 0) is 0 Å². The Labute approximate surface area is 208 Å². The lowest BCUT2D eigenvalue weighted by molar-refractivity contribution is 0.310. The summed E-state index contributed by atoms with van der Waals surface area (Å²) < 4.78 is 49.5. The number of phenolic OH excluding ortho intramolecular Hbond substituents is 1. The SMILES string of the molecule is C=CCCCOc1ccc(-c2ccc(/C=C/c3ccc(-c4ccc(O)cc4)c(F)c3F)cc2)c(F)c1. The van der Waals surface area contributed by atoms with Crippen LogP contribution < -0.4 is 4.74 Å². The van der Waals surface area contributed by atoms with Crippen LogP contribution >= 0.6 is 0 Å². The fourth-order valence-electron chi connectivity index (χ4n) is 3.75. The number of halogens is 3. The van der Waals surface area contributed by atoms with E-state index >= 15 is 0 Å². The van der Waals surface area contributed by atoms with Gasteiger partial charge >= 0.3 is 0 Å². The molecule has 0 radical (unpaired) electrons. The minimum atomic E-state index is -0.957. The molecule has 2 nitrogen and oxygen atoms in total.